The summed E-state index contributed by atoms with van der Waals surface area (Å²) in [5.74, 6) is -1.02. The molecule has 1 fully saturated rings. The van der Waals surface area contributed by atoms with Gasteiger partial charge < -0.3 is 9.52 Å². The number of carbonyl (C=O) groups is 1. The highest BCUT2D eigenvalue weighted by Gasteiger charge is 2.36. The van der Waals surface area contributed by atoms with Crippen LogP contribution < -0.4 is 0 Å². The van der Waals surface area contributed by atoms with Gasteiger partial charge in [-0.15, -0.1) is 0 Å². The first-order valence-corrected chi connectivity index (χ1v) is 9.02. The Morgan fingerprint density at radius 1 is 1.14 bits per heavy atom. The molecule has 0 saturated heterocycles. The zero-order valence-corrected chi connectivity index (χ0v) is 14.1. The quantitative estimate of drug-likeness (QED) is 0.858. The van der Waals surface area contributed by atoms with Crippen LogP contribution in [0.5, 0.6) is 0 Å². The average Bonchev–Trinajstić information content (AvgIpc) is 2.64. The van der Waals surface area contributed by atoms with Crippen molar-refractivity contribution in [1.29, 1.82) is 0 Å². The summed E-state index contributed by atoms with van der Waals surface area (Å²) in [7, 11) is -2.34. The van der Waals surface area contributed by atoms with Crippen LogP contribution in [0.25, 0.3) is 0 Å². The van der Waals surface area contributed by atoms with Crippen LogP contribution in [0.4, 0.5) is 0 Å². The second-order valence-corrected chi connectivity index (χ2v) is 7.82. The first kappa shape index (κ1) is 17.0. The average molecular weight is 329 g/mol. The molecule has 1 aliphatic rings. The van der Waals surface area contributed by atoms with E-state index in [9.17, 15) is 18.3 Å². The van der Waals surface area contributed by atoms with Gasteiger partial charge in [0.25, 0.3) is 0 Å². The molecule has 0 aromatic carbocycles. The number of aromatic carboxylic acids is 1. The zero-order chi connectivity index (χ0) is 16.5. The summed E-state index contributed by atoms with van der Waals surface area (Å²) in [4.78, 5) is 11.2. The highest BCUT2D eigenvalue weighted by atomic mass is 32.2. The molecule has 0 bridgehead atoms. The van der Waals surface area contributed by atoms with Crippen molar-refractivity contribution in [3.63, 3.8) is 0 Å². The minimum absolute atomic E-state index is 0.0799. The highest BCUT2D eigenvalue weighted by Crippen LogP contribution is 2.32. The van der Waals surface area contributed by atoms with Gasteiger partial charge in [0.1, 0.15) is 22.0 Å². The van der Waals surface area contributed by atoms with Crippen LogP contribution in [0.1, 0.15) is 60.4 Å². The lowest BCUT2D eigenvalue weighted by Gasteiger charge is -2.26. The van der Waals surface area contributed by atoms with Crippen LogP contribution >= 0.6 is 0 Å². The Kier molecular flexibility index (Phi) is 4.97. The van der Waals surface area contributed by atoms with E-state index in [-0.39, 0.29) is 28.0 Å². The number of carboxylic acids is 1. The van der Waals surface area contributed by atoms with Crippen molar-refractivity contribution in [2.45, 2.75) is 63.3 Å². The second kappa shape index (κ2) is 6.42. The maximum Gasteiger partial charge on any atom is 0.340 e. The standard InChI is InChI=1S/C15H23NO5S/c1-10-13(15(17)18)14(11(2)21-10)22(19,20)16(3)12-8-6-4-5-7-9-12/h12H,4-9H2,1-3H3,(H,17,18). The van der Waals surface area contributed by atoms with E-state index in [0.717, 1.165) is 38.5 Å². The molecule has 0 unspecified atom stereocenters. The lowest BCUT2D eigenvalue weighted by atomic mass is 10.1. The van der Waals surface area contributed by atoms with E-state index in [1.807, 2.05) is 0 Å². The van der Waals surface area contributed by atoms with Crippen LogP contribution in [-0.2, 0) is 10.0 Å². The van der Waals surface area contributed by atoms with Crippen LogP contribution in [0.3, 0.4) is 0 Å². The topological polar surface area (TPSA) is 87.8 Å². The van der Waals surface area contributed by atoms with Gasteiger partial charge in [0.15, 0.2) is 0 Å². The van der Waals surface area contributed by atoms with Crippen LogP contribution in [-0.4, -0.2) is 36.9 Å². The van der Waals surface area contributed by atoms with Gasteiger partial charge in [-0.3, -0.25) is 0 Å². The molecule has 0 amide bonds. The molecule has 1 aromatic heterocycles. The van der Waals surface area contributed by atoms with Crippen molar-refractivity contribution in [2.24, 2.45) is 0 Å². The third kappa shape index (κ3) is 3.05. The monoisotopic (exact) mass is 329 g/mol. The summed E-state index contributed by atoms with van der Waals surface area (Å²) in [5, 5.41) is 9.32. The summed E-state index contributed by atoms with van der Waals surface area (Å²) in [6.45, 7) is 2.97. The fourth-order valence-corrected chi connectivity index (χ4v) is 4.97. The second-order valence-electron chi connectivity index (χ2n) is 5.89. The van der Waals surface area contributed by atoms with Gasteiger partial charge in [-0.05, 0) is 26.7 Å². The third-order valence-electron chi connectivity index (χ3n) is 4.39. The molecule has 22 heavy (non-hydrogen) atoms. The Labute approximate surface area is 131 Å². The largest absolute Gasteiger partial charge is 0.478 e. The minimum Gasteiger partial charge on any atom is -0.478 e. The Morgan fingerprint density at radius 3 is 2.18 bits per heavy atom. The van der Waals surface area contributed by atoms with E-state index < -0.39 is 16.0 Å². The minimum atomic E-state index is -3.88. The Bertz CT molecular complexity index is 654. The summed E-state index contributed by atoms with van der Waals surface area (Å²) in [5.41, 5.74) is -0.252. The Hall–Kier alpha value is -1.34. The Morgan fingerprint density at radius 2 is 1.68 bits per heavy atom. The van der Waals surface area contributed by atoms with E-state index in [1.165, 1.54) is 18.2 Å². The molecule has 0 aliphatic heterocycles. The number of nitrogens with zero attached hydrogens (tertiary/aromatic N) is 1. The van der Waals surface area contributed by atoms with Gasteiger partial charge >= 0.3 is 5.97 Å². The predicted octanol–water partition coefficient (Wildman–Crippen LogP) is 2.94. The lowest BCUT2D eigenvalue weighted by Crippen LogP contribution is -2.37. The van der Waals surface area contributed by atoms with Gasteiger partial charge in [-0.2, -0.15) is 4.31 Å². The van der Waals surface area contributed by atoms with Crippen molar-refractivity contribution in [3.05, 3.63) is 17.1 Å². The summed E-state index contributed by atoms with van der Waals surface area (Å²) in [6, 6.07) is -0.0799. The van der Waals surface area contributed by atoms with E-state index in [4.69, 9.17) is 4.42 Å². The summed E-state index contributed by atoms with van der Waals surface area (Å²) < 4.78 is 32.4. The van der Waals surface area contributed by atoms with Gasteiger partial charge in [0.05, 0.1) is 0 Å². The SMILES string of the molecule is Cc1oc(C)c(S(=O)(=O)N(C)C2CCCCCC2)c1C(=O)O. The molecule has 124 valence electrons. The maximum atomic E-state index is 12.9. The molecule has 0 atom stereocenters. The Balaban J connectivity index is 2.44. The molecule has 0 radical (unpaired) electrons. The number of furan rings is 1. The number of rotatable bonds is 4. The molecule has 7 heteroatoms. The van der Waals surface area contributed by atoms with Crippen LogP contribution in [0.2, 0.25) is 0 Å². The number of carboxylic acid groups (broad SMARTS) is 1. The number of hydrogen-bond acceptors (Lipinski definition) is 4. The van der Waals surface area contributed by atoms with E-state index >= 15 is 0 Å². The third-order valence-corrected chi connectivity index (χ3v) is 6.46. The fourth-order valence-electron chi connectivity index (χ4n) is 3.18. The molecule has 0 spiro atoms. The van der Waals surface area contributed by atoms with E-state index in [0.29, 0.717) is 0 Å². The smallest absolute Gasteiger partial charge is 0.340 e. The zero-order valence-electron chi connectivity index (χ0n) is 13.3. The number of hydrogen-bond donors (Lipinski definition) is 1. The van der Waals surface area contributed by atoms with Crippen molar-refractivity contribution in [1.82, 2.24) is 4.31 Å². The predicted molar refractivity (Wildman–Crippen MR) is 81.6 cm³/mol. The maximum absolute atomic E-state index is 12.9. The normalized spacial score (nSPS) is 17.6. The van der Waals surface area contributed by atoms with E-state index in [2.05, 4.69) is 0 Å². The molecule has 1 heterocycles. The summed E-state index contributed by atoms with van der Waals surface area (Å²) >= 11 is 0. The van der Waals surface area contributed by atoms with Gasteiger partial charge in [-0.25, -0.2) is 13.2 Å². The molecule has 1 aromatic rings. The van der Waals surface area contributed by atoms with Gasteiger partial charge in [0, 0.05) is 13.1 Å². The number of sulfonamides is 1. The first-order chi connectivity index (χ1) is 10.3. The van der Waals surface area contributed by atoms with Crippen molar-refractivity contribution in [2.75, 3.05) is 7.05 Å². The van der Waals surface area contributed by atoms with Crippen molar-refractivity contribution in [3.8, 4) is 0 Å². The molecule has 6 nitrogen and oxygen atoms in total. The first-order valence-electron chi connectivity index (χ1n) is 7.58. The molecular formula is C15H23NO5S. The molecule has 1 aliphatic carbocycles. The van der Waals surface area contributed by atoms with Gasteiger partial charge in [-0.1, -0.05) is 25.7 Å². The summed E-state index contributed by atoms with van der Waals surface area (Å²) in [6.07, 6.45) is 5.87. The van der Waals surface area contributed by atoms with Gasteiger partial charge in [0.2, 0.25) is 10.0 Å². The van der Waals surface area contributed by atoms with E-state index in [1.54, 1.807) is 7.05 Å². The van der Waals surface area contributed by atoms with Crippen molar-refractivity contribution >= 4 is 16.0 Å². The highest BCUT2D eigenvalue weighted by molar-refractivity contribution is 7.89. The van der Waals surface area contributed by atoms with Crippen LogP contribution in [0, 0.1) is 13.8 Å². The fraction of sp³-hybridized carbons (Fsp3) is 0.667. The molecule has 1 N–H and O–H groups in total. The lowest BCUT2D eigenvalue weighted by molar-refractivity contribution is 0.0691. The van der Waals surface area contributed by atoms with Crippen LogP contribution in [0.15, 0.2) is 9.31 Å². The molecule has 2 rings (SSSR count). The molecule has 1 saturated carbocycles. The molecular weight excluding hydrogens is 306 g/mol. The van der Waals surface area contributed by atoms with Crippen molar-refractivity contribution < 1.29 is 22.7 Å². The number of aryl methyl sites for hydroxylation is 2.